The number of likely N-dealkylation sites (tertiary alicyclic amines) is 1. The minimum atomic E-state index is -0.316. The van der Waals surface area contributed by atoms with Gasteiger partial charge in [0.1, 0.15) is 0 Å². The maximum atomic E-state index is 12.1. The van der Waals surface area contributed by atoms with E-state index in [1.165, 1.54) is 26.4 Å². The van der Waals surface area contributed by atoms with Crippen LogP contribution in [0.5, 0.6) is 0 Å². The van der Waals surface area contributed by atoms with Crippen LogP contribution in [0.2, 0.25) is 5.02 Å². The summed E-state index contributed by atoms with van der Waals surface area (Å²) in [6, 6.07) is 7.11. The number of methoxy groups -OCH3 is 1. The van der Waals surface area contributed by atoms with Gasteiger partial charge >= 0.3 is 0 Å². The number of nitrogens with one attached hydrogen (secondary N) is 1. The van der Waals surface area contributed by atoms with Crippen LogP contribution in [-0.2, 0) is 4.74 Å². The summed E-state index contributed by atoms with van der Waals surface area (Å²) in [6.45, 7) is 3.74. The van der Waals surface area contributed by atoms with E-state index in [-0.39, 0.29) is 11.9 Å². The minimum Gasteiger partial charge on any atom is -0.468 e. The predicted octanol–water partition coefficient (Wildman–Crippen LogP) is 2.56. The van der Waals surface area contributed by atoms with Gasteiger partial charge in [-0.05, 0) is 38.1 Å². The second-order valence-corrected chi connectivity index (χ2v) is 5.63. The van der Waals surface area contributed by atoms with Crippen molar-refractivity contribution in [1.82, 2.24) is 10.2 Å². The molecular weight excluding hydrogens is 302 g/mol. The first-order chi connectivity index (χ1) is 10.7. The first-order valence-corrected chi connectivity index (χ1v) is 7.95. The third-order valence-electron chi connectivity index (χ3n) is 3.65. The van der Waals surface area contributed by atoms with E-state index < -0.39 is 0 Å². The van der Waals surface area contributed by atoms with E-state index in [9.17, 15) is 4.79 Å². The van der Waals surface area contributed by atoms with Crippen LogP contribution >= 0.6 is 11.6 Å². The fraction of sp³-hybridized carbons (Fsp3) is 0.500. The van der Waals surface area contributed by atoms with E-state index in [2.05, 4.69) is 15.2 Å². The maximum Gasteiger partial charge on any atom is 0.291 e. The zero-order chi connectivity index (χ0) is 15.8. The molecule has 0 unspecified atom stereocenters. The molecule has 0 saturated carbocycles. The molecule has 6 heteroatoms. The number of rotatable bonds is 4. The normalized spacial score (nSPS) is 16.4. The first-order valence-electron chi connectivity index (χ1n) is 7.57. The quantitative estimate of drug-likeness (QED) is 0.684. The largest absolute Gasteiger partial charge is 0.468 e. The van der Waals surface area contributed by atoms with Gasteiger partial charge in [-0.15, -0.1) is 0 Å². The predicted molar refractivity (Wildman–Crippen MR) is 88.5 cm³/mol. The summed E-state index contributed by atoms with van der Waals surface area (Å²) in [4.78, 5) is 18.8. The van der Waals surface area contributed by atoms with E-state index in [0.717, 1.165) is 19.6 Å². The van der Waals surface area contributed by atoms with E-state index in [1.807, 2.05) is 0 Å². The molecule has 0 aliphatic carbocycles. The van der Waals surface area contributed by atoms with Crippen molar-refractivity contribution >= 4 is 23.5 Å². The molecular formula is C16H22ClN3O2. The van der Waals surface area contributed by atoms with Gasteiger partial charge in [0.2, 0.25) is 0 Å². The van der Waals surface area contributed by atoms with Crippen molar-refractivity contribution in [2.75, 3.05) is 33.3 Å². The van der Waals surface area contributed by atoms with Gasteiger partial charge < -0.3 is 9.64 Å². The summed E-state index contributed by atoms with van der Waals surface area (Å²) in [5.74, 6) is -0.316. The van der Waals surface area contributed by atoms with Crippen LogP contribution < -0.4 is 5.32 Å². The smallest absolute Gasteiger partial charge is 0.291 e. The number of amidine groups is 1. The summed E-state index contributed by atoms with van der Waals surface area (Å²) in [7, 11) is 1.49. The van der Waals surface area contributed by atoms with Crippen molar-refractivity contribution in [2.24, 2.45) is 4.99 Å². The molecule has 1 saturated heterocycles. The number of aliphatic imine (C=N–C) groups is 1. The topological polar surface area (TPSA) is 53.9 Å². The Labute approximate surface area is 136 Å². The number of hydrogen-bond acceptors (Lipinski definition) is 4. The molecule has 0 atom stereocenters. The Morgan fingerprint density at radius 3 is 2.73 bits per heavy atom. The minimum absolute atomic E-state index is 0.224. The summed E-state index contributed by atoms with van der Waals surface area (Å²) >= 11 is 6.00. The maximum absolute atomic E-state index is 12.1. The van der Waals surface area contributed by atoms with Crippen molar-refractivity contribution < 1.29 is 9.53 Å². The lowest BCUT2D eigenvalue weighted by molar-refractivity contribution is 0.0968. The molecule has 1 aliphatic heterocycles. The monoisotopic (exact) mass is 323 g/mol. The first kappa shape index (κ1) is 16.8. The number of piperidine rings is 1. The van der Waals surface area contributed by atoms with Gasteiger partial charge in [-0.25, -0.2) is 4.99 Å². The lowest BCUT2D eigenvalue weighted by Crippen LogP contribution is -2.34. The van der Waals surface area contributed by atoms with Crippen LogP contribution in [0.25, 0.3) is 0 Å². The molecule has 22 heavy (non-hydrogen) atoms. The van der Waals surface area contributed by atoms with Crippen LogP contribution in [0.3, 0.4) is 0 Å². The number of ether oxygens (including phenoxy) is 1. The molecule has 1 aromatic carbocycles. The number of amides is 1. The number of carbonyl (C=O) groups excluding carboxylic acids is 1. The van der Waals surface area contributed by atoms with Gasteiger partial charge in [0.05, 0.1) is 24.2 Å². The molecule has 0 spiro atoms. The summed E-state index contributed by atoms with van der Waals surface area (Å²) in [6.07, 6.45) is 3.82. The Kier molecular flexibility index (Phi) is 6.68. The van der Waals surface area contributed by atoms with Crippen molar-refractivity contribution in [1.29, 1.82) is 0 Å². The van der Waals surface area contributed by atoms with Gasteiger partial charge in [-0.1, -0.05) is 30.2 Å². The van der Waals surface area contributed by atoms with Gasteiger partial charge in [-0.3, -0.25) is 10.1 Å². The van der Waals surface area contributed by atoms with Gasteiger partial charge in [0, 0.05) is 6.54 Å². The average Bonchev–Trinajstić information content (AvgIpc) is 2.55. The molecule has 0 bridgehead atoms. The highest BCUT2D eigenvalue weighted by Gasteiger charge is 2.13. The van der Waals surface area contributed by atoms with Gasteiger partial charge in [0.15, 0.2) is 0 Å². The number of benzene rings is 1. The fourth-order valence-electron chi connectivity index (χ4n) is 2.44. The average molecular weight is 324 g/mol. The second kappa shape index (κ2) is 8.76. The Morgan fingerprint density at radius 1 is 1.32 bits per heavy atom. The Balaban J connectivity index is 1.86. The summed E-state index contributed by atoms with van der Waals surface area (Å²) < 4.78 is 5.13. The van der Waals surface area contributed by atoms with E-state index in [1.54, 1.807) is 24.3 Å². The Hall–Kier alpha value is -1.59. The molecule has 0 radical (unpaired) electrons. The highest BCUT2D eigenvalue weighted by Crippen LogP contribution is 2.14. The van der Waals surface area contributed by atoms with Gasteiger partial charge in [0.25, 0.3) is 11.9 Å². The van der Waals surface area contributed by atoms with Crippen LogP contribution in [0, 0.1) is 0 Å². The highest BCUT2D eigenvalue weighted by molar-refractivity contribution is 6.34. The zero-order valence-corrected chi connectivity index (χ0v) is 13.6. The van der Waals surface area contributed by atoms with Crippen molar-refractivity contribution in [3.05, 3.63) is 34.9 Å². The van der Waals surface area contributed by atoms with Gasteiger partial charge in [-0.2, -0.15) is 0 Å². The number of carbonyl (C=O) groups is 1. The standard InChI is InChI=1S/C16H22ClN3O2/c1-22-16(18-9-12-20-10-5-2-6-11-20)19-15(21)13-7-3-4-8-14(13)17/h3-4,7-8H,2,5-6,9-12H2,1H3,(H,18,19,21). The Bertz CT molecular complexity index is 528. The zero-order valence-electron chi connectivity index (χ0n) is 12.8. The van der Waals surface area contributed by atoms with Crippen molar-refractivity contribution in [3.63, 3.8) is 0 Å². The Morgan fingerprint density at radius 2 is 2.05 bits per heavy atom. The second-order valence-electron chi connectivity index (χ2n) is 5.23. The van der Waals surface area contributed by atoms with E-state index >= 15 is 0 Å². The highest BCUT2D eigenvalue weighted by atomic mass is 35.5. The number of nitrogens with zero attached hydrogens (tertiary/aromatic N) is 2. The molecule has 1 heterocycles. The molecule has 0 aromatic heterocycles. The van der Waals surface area contributed by atoms with Crippen LogP contribution in [0.15, 0.2) is 29.3 Å². The van der Waals surface area contributed by atoms with Crippen LogP contribution in [0.4, 0.5) is 0 Å². The third-order valence-corrected chi connectivity index (χ3v) is 3.98. The van der Waals surface area contributed by atoms with E-state index in [4.69, 9.17) is 16.3 Å². The SMILES string of the molecule is COC(=NCCN1CCCCC1)NC(=O)c1ccccc1Cl. The number of hydrogen-bond donors (Lipinski definition) is 1. The summed E-state index contributed by atoms with van der Waals surface area (Å²) in [5.41, 5.74) is 0.407. The molecule has 1 amide bonds. The van der Waals surface area contributed by atoms with Crippen LogP contribution in [0.1, 0.15) is 29.6 Å². The molecule has 120 valence electrons. The molecule has 2 rings (SSSR count). The number of halogens is 1. The molecule has 1 N–H and O–H groups in total. The van der Waals surface area contributed by atoms with Crippen LogP contribution in [-0.4, -0.2) is 50.1 Å². The third kappa shape index (κ3) is 5.00. The lowest BCUT2D eigenvalue weighted by Gasteiger charge is -2.25. The fourth-order valence-corrected chi connectivity index (χ4v) is 2.66. The van der Waals surface area contributed by atoms with Crippen molar-refractivity contribution in [3.8, 4) is 0 Å². The van der Waals surface area contributed by atoms with E-state index in [0.29, 0.717) is 17.1 Å². The van der Waals surface area contributed by atoms with Crippen molar-refractivity contribution in [2.45, 2.75) is 19.3 Å². The molecule has 1 aromatic rings. The molecule has 1 aliphatic rings. The molecule has 5 nitrogen and oxygen atoms in total. The lowest BCUT2D eigenvalue weighted by atomic mass is 10.1. The molecule has 1 fully saturated rings. The summed E-state index contributed by atoms with van der Waals surface area (Å²) in [5, 5.41) is 3.05.